The largest absolute Gasteiger partial charge is 0.508 e. The van der Waals surface area contributed by atoms with E-state index in [4.69, 9.17) is 10.5 Å². The van der Waals surface area contributed by atoms with E-state index in [0.717, 1.165) is 12.8 Å². The van der Waals surface area contributed by atoms with E-state index in [1.807, 2.05) is 12.1 Å². The first-order chi connectivity index (χ1) is 13.8. The molecular formula is C26H39NO2. The lowest BCUT2D eigenvalue weighted by Crippen LogP contribution is -2.66. The molecule has 1 aromatic carbocycles. The number of nitrogens with two attached hydrogens (primary N) is 1. The highest BCUT2D eigenvalue weighted by Gasteiger charge is 2.59. The van der Waals surface area contributed by atoms with Gasteiger partial charge in [-0.25, -0.2) is 0 Å². The van der Waals surface area contributed by atoms with Gasteiger partial charge in [-0.15, -0.1) is 0 Å². The molecule has 2 bridgehead atoms. The Bertz CT molecular complexity index is 736. The first-order valence-corrected chi connectivity index (χ1v) is 12.0. The van der Waals surface area contributed by atoms with E-state index >= 15 is 0 Å². The first-order valence-electron chi connectivity index (χ1n) is 12.0. The number of ether oxygens (including phenoxy) is 1. The maximum absolute atomic E-state index is 9.66. The van der Waals surface area contributed by atoms with Crippen LogP contribution in [0, 0.1) is 23.2 Å². The van der Waals surface area contributed by atoms with Gasteiger partial charge in [-0.1, -0.05) is 25.0 Å². The summed E-state index contributed by atoms with van der Waals surface area (Å²) in [6.45, 7) is 4.57. The quantitative estimate of drug-likeness (QED) is 0.699. The number of phenolic OH excluding ortho intramolecular Hbond substituents is 1. The van der Waals surface area contributed by atoms with E-state index in [0.29, 0.717) is 35.0 Å². The third-order valence-corrected chi connectivity index (χ3v) is 9.22. The van der Waals surface area contributed by atoms with Crippen LogP contribution in [0.5, 0.6) is 5.75 Å². The molecule has 5 fully saturated rings. The van der Waals surface area contributed by atoms with Gasteiger partial charge < -0.3 is 15.6 Å². The van der Waals surface area contributed by atoms with Crippen molar-refractivity contribution in [3.63, 3.8) is 0 Å². The van der Waals surface area contributed by atoms with Crippen molar-refractivity contribution in [2.24, 2.45) is 28.9 Å². The molecule has 3 nitrogen and oxygen atoms in total. The van der Waals surface area contributed by atoms with Crippen molar-refractivity contribution >= 4 is 0 Å². The molecule has 1 spiro atoms. The Morgan fingerprint density at radius 3 is 2.41 bits per heavy atom. The van der Waals surface area contributed by atoms with E-state index in [-0.39, 0.29) is 11.2 Å². The summed E-state index contributed by atoms with van der Waals surface area (Å²) in [4.78, 5) is 0. The monoisotopic (exact) mass is 397 g/mol. The average molecular weight is 398 g/mol. The third-order valence-electron chi connectivity index (χ3n) is 9.22. The lowest BCUT2D eigenvalue weighted by Gasteiger charge is -2.62. The number of hydrogen-bond donors (Lipinski definition) is 2. The molecule has 0 amide bonds. The molecule has 2 saturated heterocycles. The molecule has 0 aromatic heterocycles. The molecule has 3 N–H and O–H groups in total. The van der Waals surface area contributed by atoms with Gasteiger partial charge in [0.2, 0.25) is 0 Å². The predicted octanol–water partition coefficient (Wildman–Crippen LogP) is 5.59. The van der Waals surface area contributed by atoms with Gasteiger partial charge in [0.05, 0.1) is 11.2 Å². The molecule has 29 heavy (non-hydrogen) atoms. The molecule has 5 atom stereocenters. The van der Waals surface area contributed by atoms with Crippen molar-refractivity contribution < 1.29 is 9.84 Å². The Hall–Kier alpha value is -1.06. The Kier molecular flexibility index (Phi) is 4.79. The van der Waals surface area contributed by atoms with Crippen LogP contribution in [0.25, 0.3) is 0 Å². The molecule has 2 aliphatic heterocycles. The molecule has 1 aromatic rings. The topological polar surface area (TPSA) is 55.5 Å². The summed E-state index contributed by atoms with van der Waals surface area (Å²) < 4.78 is 6.97. The van der Waals surface area contributed by atoms with E-state index < -0.39 is 0 Å². The Labute approximate surface area is 176 Å². The molecule has 5 aliphatic rings. The number of benzene rings is 1. The molecule has 0 unspecified atom stereocenters. The van der Waals surface area contributed by atoms with Gasteiger partial charge in [0.1, 0.15) is 5.75 Å². The highest BCUT2D eigenvalue weighted by Crippen LogP contribution is 2.60. The summed E-state index contributed by atoms with van der Waals surface area (Å²) in [5.41, 5.74) is 8.52. The van der Waals surface area contributed by atoms with Crippen LogP contribution in [0.4, 0.5) is 0 Å². The normalized spacial score (nSPS) is 40.4. The number of rotatable bonds is 3. The van der Waals surface area contributed by atoms with Gasteiger partial charge in [-0.2, -0.15) is 0 Å². The molecular weight excluding hydrogens is 358 g/mol. The fourth-order valence-electron chi connectivity index (χ4n) is 8.11. The van der Waals surface area contributed by atoms with Crippen molar-refractivity contribution in [3.8, 4) is 5.75 Å². The van der Waals surface area contributed by atoms with Crippen molar-refractivity contribution in [1.29, 1.82) is 0 Å². The average Bonchev–Trinajstić information content (AvgIpc) is 3.09. The van der Waals surface area contributed by atoms with Gasteiger partial charge in [-0.05, 0) is 107 Å². The number of aromatic hydroxyl groups is 1. The van der Waals surface area contributed by atoms with Gasteiger partial charge in [0, 0.05) is 12.0 Å². The third kappa shape index (κ3) is 3.53. The minimum Gasteiger partial charge on any atom is -0.508 e. The maximum atomic E-state index is 9.66. The second-order valence-corrected chi connectivity index (χ2v) is 11.6. The van der Waals surface area contributed by atoms with Gasteiger partial charge in [0.15, 0.2) is 0 Å². The van der Waals surface area contributed by atoms with Gasteiger partial charge in [-0.3, -0.25) is 0 Å². The number of fused-ring (bicyclic) bond motifs is 3. The summed E-state index contributed by atoms with van der Waals surface area (Å²) in [7, 11) is 0. The smallest absolute Gasteiger partial charge is 0.115 e. The lowest BCUT2D eigenvalue weighted by atomic mass is 9.54. The zero-order chi connectivity index (χ0) is 20.3. The van der Waals surface area contributed by atoms with E-state index in [2.05, 4.69) is 26.0 Å². The summed E-state index contributed by atoms with van der Waals surface area (Å²) in [6, 6.07) is 8.20. The zero-order valence-electron chi connectivity index (χ0n) is 18.3. The van der Waals surface area contributed by atoms with Crippen LogP contribution < -0.4 is 5.73 Å². The minimum absolute atomic E-state index is 0.000876. The van der Waals surface area contributed by atoms with Crippen molar-refractivity contribution in [2.75, 3.05) is 0 Å². The van der Waals surface area contributed by atoms with Gasteiger partial charge in [0.25, 0.3) is 0 Å². The molecule has 3 saturated carbocycles. The maximum Gasteiger partial charge on any atom is 0.115 e. The first kappa shape index (κ1) is 19.9. The molecule has 3 heteroatoms. The lowest BCUT2D eigenvalue weighted by molar-refractivity contribution is -0.273. The van der Waals surface area contributed by atoms with Crippen LogP contribution in [-0.4, -0.2) is 22.4 Å². The highest BCUT2D eigenvalue weighted by atomic mass is 16.5. The Morgan fingerprint density at radius 2 is 1.76 bits per heavy atom. The molecule has 160 valence electrons. The van der Waals surface area contributed by atoms with Crippen molar-refractivity contribution in [3.05, 3.63) is 29.8 Å². The number of hydrogen-bond acceptors (Lipinski definition) is 3. The minimum atomic E-state index is -0.0807. The van der Waals surface area contributed by atoms with E-state index in [1.54, 1.807) is 0 Å². The second-order valence-electron chi connectivity index (χ2n) is 11.6. The molecule has 2 heterocycles. The summed E-state index contributed by atoms with van der Waals surface area (Å²) in [6.07, 6.45) is 14.3. The van der Waals surface area contributed by atoms with Gasteiger partial charge >= 0.3 is 0 Å². The van der Waals surface area contributed by atoms with Crippen LogP contribution in [-0.2, 0) is 11.2 Å². The number of phenols is 1. The predicted molar refractivity (Wildman–Crippen MR) is 117 cm³/mol. The fourth-order valence-corrected chi connectivity index (χ4v) is 8.11. The molecule has 3 aliphatic carbocycles. The van der Waals surface area contributed by atoms with Crippen LogP contribution >= 0.6 is 0 Å². The summed E-state index contributed by atoms with van der Waals surface area (Å²) in [5, 5.41) is 9.66. The summed E-state index contributed by atoms with van der Waals surface area (Å²) >= 11 is 0. The highest BCUT2D eigenvalue weighted by molar-refractivity contribution is 5.26. The van der Waals surface area contributed by atoms with E-state index in [9.17, 15) is 5.11 Å². The van der Waals surface area contributed by atoms with Crippen LogP contribution in [0.1, 0.15) is 83.6 Å². The summed E-state index contributed by atoms with van der Waals surface area (Å²) in [5.74, 6) is 2.24. The van der Waals surface area contributed by atoms with Crippen LogP contribution in [0.2, 0.25) is 0 Å². The SMILES string of the molecule is CC1(C)O[C@@]2([C@@H]3C[C@H](Cc4ccc(O)cc4)CC4(CCCC4)C3)CC[C@@H]1[C@H](N)C2. The zero-order valence-corrected chi connectivity index (χ0v) is 18.3. The van der Waals surface area contributed by atoms with Crippen LogP contribution in [0.3, 0.4) is 0 Å². The van der Waals surface area contributed by atoms with Crippen LogP contribution in [0.15, 0.2) is 24.3 Å². The molecule has 0 radical (unpaired) electrons. The standard InChI is InChI=1S/C26H39NO2/c1-24(2)22-9-12-26(29-24,17-23(22)27)20-14-19(13-18-5-7-21(28)8-6-18)15-25(16-20)10-3-4-11-25/h5-8,19-20,22-23,28H,3-4,9-17,27H2,1-2H3/t19-,20+,22+,23+,26-/m0/s1. The van der Waals surface area contributed by atoms with Crippen molar-refractivity contribution in [1.82, 2.24) is 0 Å². The second kappa shape index (κ2) is 6.99. The Balaban J connectivity index is 1.42. The fraction of sp³-hybridized carbons (Fsp3) is 0.769. The van der Waals surface area contributed by atoms with E-state index in [1.165, 1.54) is 63.4 Å². The van der Waals surface area contributed by atoms with Crippen molar-refractivity contribution in [2.45, 2.75) is 102 Å². The Morgan fingerprint density at radius 1 is 1.03 bits per heavy atom. The molecule has 6 rings (SSSR count).